The molecule has 1 aliphatic carbocycles. The molecule has 1 N–H and O–H groups in total. The Balaban J connectivity index is 1.33. The van der Waals surface area contributed by atoms with Crippen molar-refractivity contribution in [1.29, 1.82) is 0 Å². The van der Waals surface area contributed by atoms with Crippen LogP contribution in [-0.2, 0) is 24.6 Å². The van der Waals surface area contributed by atoms with Gasteiger partial charge in [0.2, 0.25) is 5.95 Å². The number of ether oxygens (including phenoxy) is 2. The van der Waals surface area contributed by atoms with Gasteiger partial charge in [-0.25, -0.2) is 9.97 Å². The van der Waals surface area contributed by atoms with Gasteiger partial charge in [-0.1, -0.05) is 30.3 Å². The third-order valence-corrected chi connectivity index (χ3v) is 7.78. The third kappa shape index (κ3) is 4.84. The summed E-state index contributed by atoms with van der Waals surface area (Å²) in [5, 5.41) is 8.28. The molecule has 1 saturated heterocycles. The molecule has 9 heteroatoms. The van der Waals surface area contributed by atoms with Gasteiger partial charge in [0.25, 0.3) is 0 Å². The highest BCUT2D eigenvalue weighted by atomic mass is 16.5. The van der Waals surface area contributed by atoms with E-state index in [1.165, 1.54) is 0 Å². The number of anilines is 3. The molecule has 1 fully saturated rings. The molecule has 3 heterocycles. The van der Waals surface area contributed by atoms with Crippen LogP contribution >= 0.6 is 0 Å². The number of nitrogens with zero attached hydrogens (tertiary/aromatic N) is 6. The zero-order valence-electron chi connectivity index (χ0n) is 23.0. The molecule has 9 nitrogen and oxygen atoms in total. The smallest absolute Gasteiger partial charge is 0.227 e. The Labute approximate surface area is 229 Å². The monoisotopic (exact) mass is 525 g/mol. The zero-order valence-corrected chi connectivity index (χ0v) is 23.0. The summed E-state index contributed by atoms with van der Waals surface area (Å²) in [5.74, 6) is 1.29. The largest absolute Gasteiger partial charge is 0.494 e. The van der Waals surface area contributed by atoms with E-state index >= 15 is 0 Å². The quantitative estimate of drug-likeness (QED) is 0.384. The van der Waals surface area contributed by atoms with Crippen LogP contribution in [-0.4, -0.2) is 72.1 Å². The summed E-state index contributed by atoms with van der Waals surface area (Å²) < 4.78 is 13.7. The first-order valence-electron chi connectivity index (χ1n) is 13.4. The van der Waals surface area contributed by atoms with Crippen LogP contribution in [0.2, 0.25) is 0 Å². The summed E-state index contributed by atoms with van der Waals surface area (Å²) in [5.41, 5.74) is 8.17. The maximum atomic E-state index is 6.02. The number of methoxy groups -OCH3 is 2. The van der Waals surface area contributed by atoms with Gasteiger partial charge < -0.3 is 24.6 Å². The second-order valence-electron chi connectivity index (χ2n) is 10.2. The lowest BCUT2D eigenvalue weighted by Crippen LogP contribution is -2.44. The second kappa shape index (κ2) is 10.7. The number of hydrogen-bond donors (Lipinski definition) is 1. The number of fused-ring (bicyclic) bond motifs is 3. The van der Waals surface area contributed by atoms with Crippen LogP contribution in [0.1, 0.15) is 28.6 Å². The van der Waals surface area contributed by atoms with Gasteiger partial charge in [-0.05, 0) is 43.1 Å². The standard InChI is InChI=1S/C30H35N7O2/c1-35-14-16-37(17-15-35)22-11-13-23(25(18-22)38-3)32-30-31-19-21-10-12-24-26(27(21)33-30)28(36(2)34-24)29(39-4)20-8-6-5-7-9-20/h5-9,11,13,18-19,29H,10,12,14-17H2,1-4H3,(H,31,32,33). The zero-order chi connectivity index (χ0) is 26.9. The van der Waals surface area contributed by atoms with E-state index in [9.17, 15) is 0 Å². The molecule has 0 saturated carbocycles. The van der Waals surface area contributed by atoms with Crippen molar-refractivity contribution in [1.82, 2.24) is 24.6 Å². The van der Waals surface area contributed by atoms with E-state index in [2.05, 4.69) is 51.4 Å². The molecule has 1 aliphatic heterocycles. The van der Waals surface area contributed by atoms with Crippen molar-refractivity contribution in [3.8, 4) is 17.0 Å². The van der Waals surface area contributed by atoms with Gasteiger partial charge in [-0.2, -0.15) is 5.10 Å². The van der Waals surface area contributed by atoms with Crippen molar-refractivity contribution < 1.29 is 9.47 Å². The highest BCUT2D eigenvalue weighted by Crippen LogP contribution is 2.40. The Morgan fingerprint density at radius 1 is 0.949 bits per heavy atom. The first kappa shape index (κ1) is 25.3. The molecule has 1 unspecified atom stereocenters. The number of nitrogens with one attached hydrogen (secondary N) is 1. The van der Waals surface area contributed by atoms with Crippen LogP contribution in [0.3, 0.4) is 0 Å². The van der Waals surface area contributed by atoms with Gasteiger partial charge in [0.15, 0.2) is 0 Å². The number of likely N-dealkylation sites (N-methyl/N-ethyl adjacent to an activating group) is 1. The van der Waals surface area contributed by atoms with E-state index in [1.807, 2.05) is 42.2 Å². The summed E-state index contributed by atoms with van der Waals surface area (Å²) in [4.78, 5) is 14.4. The number of piperazine rings is 1. The lowest BCUT2D eigenvalue weighted by molar-refractivity contribution is 0.130. The minimum Gasteiger partial charge on any atom is -0.494 e. The van der Waals surface area contributed by atoms with Crippen molar-refractivity contribution in [2.45, 2.75) is 18.9 Å². The average Bonchev–Trinajstić information content (AvgIpc) is 3.31. The molecule has 202 valence electrons. The summed E-state index contributed by atoms with van der Waals surface area (Å²) in [7, 11) is 7.59. The molecule has 1 atom stereocenters. The van der Waals surface area contributed by atoms with Crippen LogP contribution in [0, 0.1) is 0 Å². The highest BCUT2D eigenvalue weighted by Gasteiger charge is 2.31. The van der Waals surface area contributed by atoms with Crippen molar-refractivity contribution in [2.75, 3.05) is 57.7 Å². The molecule has 39 heavy (non-hydrogen) atoms. The summed E-state index contributed by atoms with van der Waals surface area (Å²) >= 11 is 0. The topological polar surface area (TPSA) is 80.6 Å². The highest BCUT2D eigenvalue weighted by molar-refractivity contribution is 5.74. The summed E-state index contributed by atoms with van der Waals surface area (Å²) in [6, 6.07) is 16.5. The van der Waals surface area contributed by atoms with E-state index < -0.39 is 0 Å². The molecule has 0 amide bonds. The second-order valence-corrected chi connectivity index (χ2v) is 10.2. The predicted molar refractivity (Wildman–Crippen MR) is 153 cm³/mol. The Morgan fingerprint density at radius 2 is 1.74 bits per heavy atom. The van der Waals surface area contributed by atoms with E-state index in [0.717, 1.165) is 89.9 Å². The molecule has 0 radical (unpaired) electrons. The Kier molecular flexibility index (Phi) is 6.93. The van der Waals surface area contributed by atoms with Crippen molar-refractivity contribution in [2.24, 2.45) is 7.05 Å². The molecule has 6 rings (SSSR count). The van der Waals surface area contributed by atoms with Crippen molar-refractivity contribution in [3.05, 3.63) is 77.2 Å². The van der Waals surface area contributed by atoms with E-state index in [4.69, 9.17) is 19.6 Å². The van der Waals surface area contributed by atoms with Crippen LogP contribution in [0.25, 0.3) is 11.3 Å². The lowest BCUT2D eigenvalue weighted by atomic mass is 9.90. The van der Waals surface area contributed by atoms with E-state index in [-0.39, 0.29) is 6.10 Å². The molecular weight excluding hydrogens is 490 g/mol. The Hall–Kier alpha value is -3.95. The summed E-state index contributed by atoms with van der Waals surface area (Å²) in [6.45, 7) is 4.11. The van der Waals surface area contributed by atoms with Crippen LogP contribution in [0.5, 0.6) is 5.75 Å². The normalized spacial score (nSPS) is 15.9. The van der Waals surface area contributed by atoms with E-state index in [0.29, 0.717) is 5.95 Å². The molecule has 2 aliphatic rings. The van der Waals surface area contributed by atoms with Gasteiger partial charge in [0.1, 0.15) is 11.9 Å². The Bertz CT molecular complexity index is 1460. The fraction of sp³-hybridized carbons (Fsp3) is 0.367. The third-order valence-electron chi connectivity index (χ3n) is 7.78. The van der Waals surface area contributed by atoms with Gasteiger partial charge >= 0.3 is 0 Å². The van der Waals surface area contributed by atoms with Gasteiger partial charge in [0, 0.05) is 63.9 Å². The minimum absolute atomic E-state index is 0.257. The van der Waals surface area contributed by atoms with Gasteiger partial charge in [-0.15, -0.1) is 0 Å². The molecule has 2 aromatic carbocycles. The number of hydrogen-bond acceptors (Lipinski definition) is 8. The van der Waals surface area contributed by atoms with E-state index in [1.54, 1.807) is 14.2 Å². The lowest BCUT2D eigenvalue weighted by Gasteiger charge is -2.34. The minimum atomic E-state index is -0.257. The fourth-order valence-electron chi connectivity index (χ4n) is 5.65. The first-order chi connectivity index (χ1) is 19.1. The fourth-order valence-corrected chi connectivity index (χ4v) is 5.65. The predicted octanol–water partition coefficient (Wildman–Crippen LogP) is 4.22. The average molecular weight is 526 g/mol. The van der Waals surface area contributed by atoms with Gasteiger partial charge in [-0.3, -0.25) is 4.68 Å². The van der Waals surface area contributed by atoms with Crippen molar-refractivity contribution in [3.63, 3.8) is 0 Å². The number of benzene rings is 2. The molecule has 0 spiro atoms. The van der Waals surface area contributed by atoms with Crippen LogP contribution < -0.4 is 15.0 Å². The maximum absolute atomic E-state index is 6.02. The maximum Gasteiger partial charge on any atom is 0.227 e. The number of aromatic nitrogens is 4. The summed E-state index contributed by atoms with van der Waals surface area (Å²) in [6.07, 6.45) is 3.37. The molecule has 2 aromatic heterocycles. The number of rotatable bonds is 7. The van der Waals surface area contributed by atoms with Crippen molar-refractivity contribution >= 4 is 17.3 Å². The molecule has 4 aromatic rings. The molecular formula is C30H35N7O2. The SMILES string of the molecule is COc1cc(N2CCN(C)CC2)ccc1Nc1ncc2c(n1)-c1c(nn(C)c1C(OC)c1ccccc1)CC2. The first-order valence-corrected chi connectivity index (χ1v) is 13.4. The van der Waals surface area contributed by atoms with Crippen LogP contribution in [0.4, 0.5) is 17.3 Å². The van der Waals surface area contributed by atoms with Gasteiger partial charge in [0.05, 0.1) is 29.9 Å². The molecule has 0 bridgehead atoms. The van der Waals surface area contributed by atoms with Crippen LogP contribution in [0.15, 0.2) is 54.7 Å². The Morgan fingerprint density at radius 3 is 2.49 bits per heavy atom. The number of aryl methyl sites for hydroxylation is 3.